The van der Waals surface area contributed by atoms with Crippen LogP contribution in [0.3, 0.4) is 0 Å². The number of sulfonamides is 1. The highest BCUT2D eigenvalue weighted by Gasteiger charge is 2.30. The average molecular weight is 543 g/mol. The van der Waals surface area contributed by atoms with E-state index in [0.29, 0.717) is 34.7 Å². The summed E-state index contributed by atoms with van der Waals surface area (Å²) in [6.07, 6.45) is 4.02. The first-order valence-corrected chi connectivity index (χ1v) is 13.5. The van der Waals surface area contributed by atoms with Gasteiger partial charge in [-0.05, 0) is 74.1 Å². The van der Waals surface area contributed by atoms with Crippen molar-refractivity contribution in [2.45, 2.75) is 37.5 Å². The number of nitrogens with two attached hydrogens (primary N) is 1. The molecule has 1 fully saturated rings. The number of benzene rings is 2. The Kier molecular flexibility index (Phi) is 6.84. The van der Waals surface area contributed by atoms with Crippen molar-refractivity contribution in [3.8, 4) is 17.3 Å². The van der Waals surface area contributed by atoms with Crippen LogP contribution in [0.25, 0.3) is 17.3 Å². The number of aromatic nitrogens is 3. The standard InChI is InChI=1S/C26H24F2N4O5S/c1-2-36-25(33)21-14-37-26(30-21)32-22(13-15-3-4-15)19(24(31-32)17-6-8-18(27)9-7-17)11-16-5-10-23(20(28)12-16)38(29,34)35/h5-10,12,14-15H,2-4,11,13H2,1H3,(H2,29,34,35). The SMILES string of the molecule is CCOC(=O)c1coc(-n2nc(-c3ccc(F)cc3)c(Cc3ccc(S(N)(=O)=O)c(F)c3)c2CC2CC2)n1. The van der Waals surface area contributed by atoms with Gasteiger partial charge in [0.05, 0.1) is 18.0 Å². The fourth-order valence-electron chi connectivity index (χ4n) is 4.22. The Balaban J connectivity index is 1.64. The first-order chi connectivity index (χ1) is 18.1. The molecule has 12 heteroatoms. The molecular formula is C26H24F2N4O5S. The van der Waals surface area contributed by atoms with Crippen molar-refractivity contribution in [2.24, 2.45) is 11.1 Å². The van der Waals surface area contributed by atoms with E-state index in [4.69, 9.17) is 19.4 Å². The maximum Gasteiger partial charge on any atom is 0.360 e. The van der Waals surface area contributed by atoms with Gasteiger partial charge < -0.3 is 9.15 Å². The Hall–Kier alpha value is -3.90. The number of nitrogens with zero attached hydrogens (tertiary/aromatic N) is 3. The quantitative estimate of drug-likeness (QED) is 0.314. The zero-order chi connectivity index (χ0) is 27.0. The molecule has 0 spiro atoms. The van der Waals surface area contributed by atoms with Crippen molar-refractivity contribution in [1.29, 1.82) is 0 Å². The number of rotatable bonds is 9. The van der Waals surface area contributed by atoms with E-state index in [9.17, 15) is 22.0 Å². The molecular weight excluding hydrogens is 518 g/mol. The summed E-state index contributed by atoms with van der Waals surface area (Å²) in [5, 5.41) is 9.84. The van der Waals surface area contributed by atoms with E-state index in [2.05, 4.69) is 4.98 Å². The number of oxazole rings is 1. The molecule has 2 N–H and O–H groups in total. The Morgan fingerprint density at radius 2 is 1.92 bits per heavy atom. The molecule has 0 aliphatic heterocycles. The minimum Gasteiger partial charge on any atom is -0.461 e. The van der Waals surface area contributed by atoms with E-state index in [-0.39, 0.29) is 24.7 Å². The van der Waals surface area contributed by atoms with Crippen molar-refractivity contribution in [2.75, 3.05) is 6.61 Å². The second-order valence-corrected chi connectivity index (χ2v) is 10.6. The van der Waals surface area contributed by atoms with Crippen molar-refractivity contribution in [1.82, 2.24) is 14.8 Å². The molecule has 198 valence electrons. The van der Waals surface area contributed by atoms with Gasteiger partial charge in [0.1, 0.15) is 22.8 Å². The molecule has 9 nitrogen and oxygen atoms in total. The molecule has 38 heavy (non-hydrogen) atoms. The number of ether oxygens (including phenoxy) is 1. The highest BCUT2D eigenvalue weighted by Crippen LogP contribution is 2.37. The molecule has 0 saturated heterocycles. The van der Waals surface area contributed by atoms with Crippen molar-refractivity contribution < 1.29 is 31.1 Å². The van der Waals surface area contributed by atoms with Gasteiger partial charge in [-0.1, -0.05) is 6.07 Å². The number of primary sulfonamides is 1. The fraction of sp³-hybridized carbons (Fsp3) is 0.269. The van der Waals surface area contributed by atoms with E-state index in [1.54, 1.807) is 19.1 Å². The maximum absolute atomic E-state index is 14.7. The molecule has 2 heterocycles. The summed E-state index contributed by atoms with van der Waals surface area (Å²) in [7, 11) is -4.22. The monoisotopic (exact) mass is 542 g/mol. The number of hydrogen-bond donors (Lipinski definition) is 1. The molecule has 5 rings (SSSR count). The van der Waals surface area contributed by atoms with Crippen LogP contribution >= 0.6 is 0 Å². The molecule has 4 aromatic rings. The number of carbonyl (C=O) groups excluding carboxylic acids is 1. The normalized spacial score (nSPS) is 13.6. The number of carbonyl (C=O) groups is 1. The topological polar surface area (TPSA) is 130 Å². The Bertz CT molecular complexity index is 1610. The lowest BCUT2D eigenvalue weighted by Crippen LogP contribution is -2.14. The molecule has 0 bridgehead atoms. The fourth-order valence-corrected chi connectivity index (χ4v) is 4.81. The lowest BCUT2D eigenvalue weighted by atomic mass is 9.97. The van der Waals surface area contributed by atoms with E-state index in [1.165, 1.54) is 29.1 Å². The maximum atomic E-state index is 14.7. The highest BCUT2D eigenvalue weighted by molar-refractivity contribution is 7.89. The van der Waals surface area contributed by atoms with Crippen LogP contribution in [0.1, 0.15) is 47.1 Å². The van der Waals surface area contributed by atoms with Gasteiger partial charge in [-0.2, -0.15) is 14.8 Å². The van der Waals surface area contributed by atoms with E-state index < -0.39 is 32.5 Å². The van der Waals surface area contributed by atoms with Gasteiger partial charge in [0.25, 0.3) is 0 Å². The van der Waals surface area contributed by atoms with Crippen LogP contribution in [0.5, 0.6) is 0 Å². The molecule has 0 amide bonds. The summed E-state index contributed by atoms with van der Waals surface area (Å²) in [5.41, 5.74) is 3.01. The second kappa shape index (κ2) is 10.1. The third-order valence-electron chi connectivity index (χ3n) is 6.23. The molecule has 1 saturated carbocycles. The van der Waals surface area contributed by atoms with Gasteiger partial charge in [0, 0.05) is 17.5 Å². The second-order valence-electron chi connectivity index (χ2n) is 9.06. The van der Waals surface area contributed by atoms with Crippen LogP contribution in [-0.2, 0) is 27.6 Å². The summed E-state index contributed by atoms with van der Waals surface area (Å²) in [5.74, 6) is -1.62. The Labute approximate surface area is 217 Å². The van der Waals surface area contributed by atoms with Gasteiger partial charge >= 0.3 is 12.0 Å². The first kappa shape index (κ1) is 25.7. The molecule has 2 aromatic heterocycles. The number of halogens is 2. The third-order valence-corrected chi connectivity index (χ3v) is 7.17. The first-order valence-electron chi connectivity index (χ1n) is 11.9. The van der Waals surface area contributed by atoms with Crippen molar-refractivity contribution in [3.63, 3.8) is 0 Å². The average Bonchev–Trinajstić information content (AvgIpc) is 3.42. The molecule has 2 aromatic carbocycles. The molecule has 0 unspecified atom stereocenters. The van der Waals surface area contributed by atoms with Gasteiger partial charge in [-0.3, -0.25) is 0 Å². The predicted octanol–water partition coefficient (Wildman–Crippen LogP) is 4.17. The van der Waals surface area contributed by atoms with E-state index in [1.807, 2.05) is 0 Å². The van der Waals surface area contributed by atoms with Crippen LogP contribution in [0.4, 0.5) is 8.78 Å². The number of hydrogen-bond acceptors (Lipinski definition) is 7. The molecule has 1 aliphatic carbocycles. The lowest BCUT2D eigenvalue weighted by molar-refractivity contribution is 0.0519. The third kappa shape index (κ3) is 5.36. The summed E-state index contributed by atoms with van der Waals surface area (Å²) in [6.45, 7) is 1.86. The van der Waals surface area contributed by atoms with Gasteiger partial charge in [0.2, 0.25) is 10.0 Å². The number of esters is 1. The van der Waals surface area contributed by atoms with Crippen LogP contribution in [0, 0.1) is 17.6 Å². The summed E-state index contributed by atoms with van der Waals surface area (Å²) in [6, 6.07) is 9.56. The summed E-state index contributed by atoms with van der Waals surface area (Å²) in [4.78, 5) is 15.8. The van der Waals surface area contributed by atoms with Crippen molar-refractivity contribution in [3.05, 3.63) is 82.9 Å². The minimum atomic E-state index is -4.22. The van der Waals surface area contributed by atoms with Gasteiger partial charge in [-0.15, -0.1) is 0 Å². The zero-order valence-corrected chi connectivity index (χ0v) is 21.2. The summed E-state index contributed by atoms with van der Waals surface area (Å²) >= 11 is 0. The minimum absolute atomic E-state index is 0.0137. The summed E-state index contributed by atoms with van der Waals surface area (Å²) < 4.78 is 63.8. The van der Waals surface area contributed by atoms with Crippen LogP contribution < -0.4 is 5.14 Å². The molecule has 1 aliphatic rings. The smallest absolute Gasteiger partial charge is 0.360 e. The Morgan fingerprint density at radius 1 is 1.18 bits per heavy atom. The van der Waals surface area contributed by atoms with Crippen LogP contribution in [-0.4, -0.2) is 35.8 Å². The van der Waals surface area contributed by atoms with Crippen molar-refractivity contribution >= 4 is 16.0 Å². The van der Waals surface area contributed by atoms with Gasteiger partial charge in [0.15, 0.2) is 5.69 Å². The van der Waals surface area contributed by atoms with Crippen LogP contribution in [0.2, 0.25) is 0 Å². The lowest BCUT2D eigenvalue weighted by Gasteiger charge is -2.09. The zero-order valence-electron chi connectivity index (χ0n) is 20.4. The van der Waals surface area contributed by atoms with Gasteiger partial charge in [-0.25, -0.2) is 27.1 Å². The predicted molar refractivity (Wildman–Crippen MR) is 132 cm³/mol. The molecule has 0 radical (unpaired) electrons. The Morgan fingerprint density at radius 3 is 2.55 bits per heavy atom. The highest BCUT2D eigenvalue weighted by atomic mass is 32.2. The van der Waals surface area contributed by atoms with E-state index in [0.717, 1.165) is 30.7 Å². The molecule has 0 atom stereocenters. The van der Waals surface area contributed by atoms with Crippen LogP contribution in [0.15, 0.2) is 58.0 Å². The van der Waals surface area contributed by atoms with E-state index >= 15 is 0 Å². The largest absolute Gasteiger partial charge is 0.461 e.